The van der Waals surface area contributed by atoms with Crippen LogP contribution >= 0.6 is 0 Å². The number of nitrogens with one attached hydrogen (secondary N) is 1. The van der Waals surface area contributed by atoms with Crippen LogP contribution in [-0.2, 0) is 11.3 Å². The normalized spacial score (nSPS) is 11.5. The Labute approximate surface area is 170 Å². The van der Waals surface area contributed by atoms with Crippen LogP contribution in [0.4, 0.5) is 0 Å². The third kappa shape index (κ3) is 5.97. The number of benzene rings is 2. The van der Waals surface area contributed by atoms with E-state index in [1.54, 1.807) is 4.90 Å². The van der Waals surface area contributed by atoms with E-state index in [1.165, 1.54) is 18.6 Å². The van der Waals surface area contributed by atoms with Gasteiger partial charge < -0.3 is 10.2 Å². The van der Waals surface area contributed by atoms with Crippen molar-refractivity contribution in [1.29, 1.82) is 0 Å². The van der Waals surface area contributed by atoms with Gasteiger partial charge in [0.1, 0.15) is 5.69 Å². The minimum Gasteiger partial charge on any atom is -0.350 e. The molecule has 0 aliphatic carbocycles. The second kappa shape index (κ2) is 10.1. The van der Waals surface area contributed by atoms with Gasteiger partial charge >= 0.3 is 0 Å². The largest absolute Gasteiger partial charge is 0.350 e. The fraction of sp³-hybridized carbons (Fsp3) is 0.217. The first-order valence-electron chi connectivity index (χ1n) is 9.57. The van der Waals surface area contributed by atoms with Crippen LogP contribution in [0.2, 0.25) is 0 Å². The minimum atomic E-state index is -0.245. The Balaban J connectivity index is 1.64. The van der Waals surface area contributed by atoms with Crippen molar-refractivity contribution in [2.45, 2.75) is 25.9 Å². The van der Waals surface area contributed by atoms with Crippen molar-refractivity contribution >= 4 is 11.8 Å². The molecule has 1 aromatic heterocycles. The number of carbonyl (C=O) groups is 2. The summed E-state index contributed by atoms with van der Waals surface area (Å²) in [6.07, 6.45) is 4.66. The Morgan fingerprint density at radius 3 is 2.34 bits per heavy atom. The molecule has 3 rings (SSSR count). The summed E-state index contributed by atoms with van der Waals surface area (Å²) in [5.74, 6) is -0.350. The van der Waals surface area contributed by atoms with E-state index in [9.17, 15) is 9.59 Å². The summed E-state index contributed by atoms with van der Waals surface area (Å²) < 4.78 is 0. The first-order valence-corrected chi connectivity index (χ1v) is 9.57. The molecule has 1 heterocycles. The third-order valence-corrected chi connectivity index (χ3v) is 4.57. The second-order valence-electron chi connectivity index (χ2n) is 6.75. The second-order valence-corrected chi connectivity index (χ2v) is 6.75. The molecule has 6 nitrogen and oxygen atoms in total. The molecular formula is C23H24N4O2. The van der Waals surface area contributed by atoms with E-state index in [0.29, 0.717) is 6.54 Å². The van der Waals surface area contributed by atoms with Gasteiger partial charge in [-0.05, 0) is 18.1 Å². The number of hydrogen-bond donors (Lipinski definition) is 1. The summed E-state index contributed by atoms with van der Waals surface area (Å²) in [4.78, 5) is 35.1. The van der Waals surface area contributed by atoms with Gasteiger partial charge in [0.15, 0.2) is 0 Å². The summed E-state index contributed by atoms with van der Waals surface area (Å²) in [5.41, 5.74) is 2.29. The third-order valence-electron chi connectivity index (χ3n) is 4.57. The number of nitrogens with zero attached hydrogens (tertiary/aromatic N) is 3. The van der Waals surface area contributed by atoms with Crippen molar-refractivity contribution in [3.8, 4) is 0 Å². The Morgan fingerprint density at radius 1 is 1.00 bits per heavy atom. The zero-order valence-electron chi connectivity index (χ0n) is 16.4. The average molecular weight is 388 g/mol. The topological polar surface area (TPSA) is 75.2 Å². The van der Waals surface area contributed by atoms with E-state index in [1.807, 2.05) is 67.6 Å². The molecule has 29 heavy (non-hydrogen) atoms. The zero-order valence-corrected chi connectivity index (χ0v) is 16.4. The van der Waals surface area contributed by atoms with Crippen LogP contribution in [0.1, 0.15) is 41.0 Å². The molecule has 148 valence electrons. The maximum Gasteiger partial charge on any atom is 0.274 e. The monoisotopic (exact) mass is 388 g/mol. The standard InChI is InChI=1S/C23H24N4O2/c1-18(20-10-6-3-7-11-20)26-22(28)12-15-27(17-19-8-4-2-5-9-19)23(29)21-16-24-13-14-25-21/h2-11,13-14,16,18H,12,15,17H2,1H3,(H,26,28)/t18-/m1/s1. The predicted octanol–water partition coefficient (Wildman–Crippen LogP) is 3.39. The highest BCUT2D eigenvalue weighted by atomic mass is 16.2. The van der Waals surface area contributed by atoms with E-state index in [-0.39, 0.29) is 36.5 Å². The Hall–Kier alpha value is -3.54. The fourth-order valence-corrected chi connectivity index (χ4v) is 3.00. The molecule has 0 aliphatic rings. The highest BCUT2D eigenvalue weighted by Gasteiger charge is 2.19. The van der Waals surface area contributed by atoms with Crippen molar-refractivity contribution < 1.29 is 9.59 Å². The van der Waals surface area contributed by atoms with Gasteiger partial charge in [-0.25, -0.2) is 4.98 Å². The molecule has 6 heteroatoms. The van der Waals surface area contributed by atoms with E-state index in [2.05, 4.69) is 15.3 Å². The van der Waals surface area contributed by atoms with Gasteiger partial charge in [0, 0.05) is 31.9 Å². The van der Waals surface area contributed by atoms with Crippen molar-refractivity contribution in [1.82, 2.24) is 20.2 Å². The number of hydrogen-bond acceptors (Lipinski definition) is 4. The van der Waals surface area contributed by atoms with Gasteiger partial charge in [0.25, 0.3) is 5.91 Å². The van der Waals surface area contributed by atoms with Gasteiger partial charge in [-0.3, -0.25) is 14.6 Å². The van der Waals surface area contributed by atoms with Gasteiger partial charge in [0.2, 0.25) is 5.91 Å². The quantitative estimate of drug-likeness (QED) is 0.642. The summed E-state index contributed by atoms with van der Waals surface area (Å²) in [7, 11) is 0. The molecule has 0 fully saturated rings. The van der Waals surface area contributed by atoms with Crippen LogP contribution in [0.25, 0.3) is 0 Å². The van der Waals surface area contributed by atoms with Crippen molar-refractivity contribution in [2.24, 2.45) is 0 Å². The summed E-state index contributed by atoms with van der Waals surface area (Å²) >= 11 is 0. The predicted molar refractivity (Wildman–Crippen MR) is 111 cm³/mol. The molecule has 1 N–H and O–H groups in total. The maximum absolute atomic E-state index is 12.9. The van der Waals surface area contributed by atoms with E-state index in [4.69, 9.17) is 0 Å². The molecule has 0 saturated heterocycles. The van der Waals surface area contributed by atoms with Gasteiger partial charge in [0.05, 0.1) is 12.2 Å². The highest BCUT2D eigenvalue weighted by molar-refractivity contribution is 5.92. The maximum atomic E-state index is 12.9. The van der Waals surface area contributed by atoms with Gasteiger partial charge in [-0.15, -0.1) is 0 Å². The molecule has 1 atom stereocenters. The first kappa shape index (κ1) is 20.2. The van der Waals surface area contributed by atoms with E-state index < -0.39 is 0 Å². The Bertz CT molecular complexity index is 917. The summed E-state index contributed by atoms with van der Waals surface area (Å²) in [6.45, 7) is 2.63. The molecule has 0 bridgehead atoms. The molecule has 2 amide bonds. The molecule has 0 saturated carbocycles. The highest BCUT2D eigenvalue weighted by Crippen LogP contribution is 2.12. The average Bonchev–Trinajstić information content (AvgIpc) is 2.78. The number of aromatic nitrogens is 2. The Kier molecular flexibility index (Phi) is 7.05. The summed E-state index contributed by atoms with van der Waals surface area (Å²) in [6, 6.07) is 19.4. The lowest BCUT2D eigenvalue weighted by molar-refractivity contribution is -0.121. The molecule has 0 unspecified atom stereocenters. The van der Waals surface area contributed by atoms with E-state index >= 15 is 0 Å². The van der Waals surface area contributed by atoms with Crippen molar-refractivity contribution in [2.75, 3.05) is 6.54 Å². The van der Waals surface area contributed by atoms with Crippen molar-refractivity contribution in [3.63, 3.8) is 0 Å². The van der Waals surface area contributed by atoms with Gasteiger partial charge in [-0.2, -0.15) is 0 Å². The number of amides is 2. The zero-order chi connectivity index (χ0) is 20.5. The van der Waals surface area contributed by atoms with Crippen LogP contribution in [0.5, 0.6) is 0 Å². The molecule has 0 spiro atoms. The number of carbonyl (C=O) groups excluding carboxylic acids is 2. The van der Waals surface area contributed by atoms with Crippen LogP contribution in [0, 0.1) is 0 Å². The fourth-order valence-electron chi connectivity index (χ4n) is 3.00. The molecule has 0 radical (unpaired) electrons. The Morgan fingerprint density at radius 2 is 1.69 bits per heavy atom. The van der Waals surface area contributed by atoms with E-state index in [0.717, 1.165) is 11.1 Å². The lowest BCUT2D eigenvalue weighted by Crippen LogP contribution is -2.36. The SMILES string of the molecule is C[C@@H](NC(=O)CCN(Cc1ccccc1)C(=O)c1cnccn1)c1ccccc1. The molecule has 0 aliphatic heterocycles. The minimum absolute atomic E-state index is 0.0954. The molecule has 2 aromatic carbocycles. The van der Waals surface area contributed by atoms with Crippen molar-refractivity contribution in [3.05, 3.63) is 96.1 Å². The van der Waals surface area contributed by atoms with Crippen LogP contribution in [0.3, 0.4) is 0 Å². The number of rotatable bonds is 8. The van der Waals surface area contributed by atoms with Crippen LogP contribution in [0.15, 0.2) is 79.3 Å². The van der Waals surface area contributed by atoms with Crippen LogP contribution in [-0.4, -0.2) is 33.2 Å². The first-order chi connectivity index (χ1) is 14.1. The van der Waals surface area contributed by atoms with Gasteiger partial charge in [-0.1, -0.05) is 60.7 Å². The van der Waals surface area contributed by atoms with Crippen LogP contribution < -0.4 is 5.32 Å². The molecular weight excluding hydrogens is 364 g/mol. The lowest BCUT2D eigenvalue weighted by atomic mass is 10.1. The molecule has 3 aromatic rings. The smallest absolute Gasteiger partial charge is 0.274 e. The summed E-state index contributed by atoms with van der Waals surface area (Å²) in [5, 5.41) is 2.99. The lowest BCUT2D eigenvalue weighted by Gasteiger charge is -2.23.